The fraction of sp³-hybridized carbons (Fsp3) is 0.100. The molecule has 25 heavy (non-hydrogen) atoms. The van der Waals surface area contributed by atoms with Gasteiger partial charge in [-0.1, -0.05) is 41.6 Å². The van der Waals surface area contributed by atoms with Crippen molar-refractivity contribution < 1.29 is 9.63 Å². The van der Waals surface area contributed by atoms with Gasteiger partial charge in [-0.2, -0.15) is 0 Å². The van der Waals surface area contributed by atoms with Gasteiger partial charge in [0.2, 0.25) is 0 Å². The number of aromatic hydroxyl groups is 1. The number of imidazole rings is 1. The molecule has 0 saturated carbocycles. The second-order valence-electron chi connectivity index (χ2n) is 5.90. The Morgan fingerprint density at radius 3 is 2.60 bits per heavy atom. The van der Waals surface area contributed by atoms with E-state index in [0.717, 1.165) is 5.56 Å². The fourth-order valence-electron chi connectivity index (χ4n) is 2.82. The van der Waals surface area contributed by atoms with Crippen LogP contribution < -0.4 is 0 Å². The van der Waals surface area contributed by atoms with Crippen LogP contribution in [0.4, 0.5) is 0 Å². The molecule has 0 aliphatic heterocycles. The largest absolute Gasteiger partial charge is 0.507 e. The lowest BCUT2D eigenvalue weighted by atomic mass is 10.0. The zero-order valence-corrected chi connectivity index (χ0v) is 13.7. The molecular weight excluding hydrogens is 314 g/mol. The number of hydrogen-bond donors (Lipinski definition) is 1. The predicted molar refractivity (Wildman–Crippen MR) is 95.1 cm³/mol. The lowest BCUT2D eigenvalue weighted by Gasteiger charge is -2.13. The Kier molecular flexibility index (Phi) is 3.82. The first kappa shape index (κ1) is 15.2. The first-order valence-corrected chi connectivity index (χ1v) is 8.05. The minimum absolute atomic E-state index is 0.187. The van der Waals surface area contributed by atoms with Gasteiger partial charge in [-0.15, -0.1) is 0 Å². The van der Waals surface area contributed by atoms with Gasteiger partial charge in [0.1, 0.15) is 11.4 Å². The third kappa shape index (κ3) is 2.92. The molecule has 1 N–H and O–H groups in total. The molecule has 124 valence electrons. The monoisotopic (exact) mass is 331 g/mol. The maximum Gasteiger partial charge on any atom is 0.167 e. The van der Waals surface area contributed by atoms with Crippen LogP contribution in [0, 0.1) is 0 Å². The Labute approximate surface area is 145 Å². The maximum atomic E-state index is 9.94. The van der Waals surface area contributed by atoms with Gasteiger partial charge < -0.3 is 14.2 Å². The Bertz CT molecular complexity index is 972. The van der Waals surface area contributed by atoms with Crippen LogP contribution in [0.25, 0.3) is 22.6 Å². The number of rotatable bonds is 4. The van der Waals surface area contributed by atoms with Crippen LogP contribution in [0.5, 0.6) is 5.75 Å². The van der Waals surface area contributed by atoms with Crippen LogP contribution in [0.2, 0.25) is 0 Å². The average Bonchev–Trinajstić information content (AvgIpc) is 3.34. The third-order valence-corrected chi connectivity index (χ3v) is 4.34. The molecule has 5 heteroatoms. The van der Waals surface area contributed by atoms with Gasteiger partial charge in [0.25, 0.3) is 0 Å². The van der Waals surface area contributed by atoms with E-state index in [0.29, 0.717) is 17.0 Å². The third-order valence-electron chi connectivity index (χ3n) is 4.34. The van der Waals surface area contributed by atoms with Crippen LogP contribution in [0.3, 0.4) is 0 Å². The van der Waals surface area contributed by atoms with Crippen molar-refractivity contribution in [1.82, 2.24) is 14.7 Å². The van der Waals surface area contributed by atoms with Crippen molar-refractivity contribution in [3.05, 3.63) is 78.9 Å². The van der Waals surface area contributed by atoms with E-state index >= 15 is 0 Å². The highest BCUT2D eigenvalue weighted by molar-refractivity contribution is 5.70. The summed E-state index contributed by atoms with van der Waals surface area (Å²) < 4.78 is 7.51. The van der Waals surface area contributed by atoms with Gasteiger partial charge in [0.15, 0.2) is 5.76 Å². The van der Waals surface area contributed by atoms with E-state index in [1.165, 1.54) is 5.56 Å². The van der Waals surface area contributed by atoms with E-state index in [-0.39, 0.29) is 11.8 Å². The molecule has 0 amide bonds. The molecule has 0 radical (unpaired) electrons. The van der Waals surface area contributed by atoms with Crippen LogP contribution in [-0.4, -0.2) is 19.8 Å². The zero-order valence-electron chi connectivity index (χ0n) is 13.7. The molecule has 4 rings (SSSR count). The van der Waals surface area contributed by atoms with Crippen molar-refractivity contribution >= 4 is 0 Å². The molecule has 2 heterocycles. The fourth-order valence-corrected chi connectivity index (χ4v) is 2.82. The first-order valence-electron chi connectivity index (χ1n) is 8.05. The summed E-state index contributed by atoms with van der Waals surface area (Å²) >= 11 is 0. The van der Waals surface area contributed by atoms with Crippen molar-refractivity contribution in [2.75, 3.05) is 0 Å². The highest BCUT2D eigenvalue weighted by Crippen LogP contribution is 2.31. The lowest BCUT2D eigenvalue weighted by molar-refractivity contribution is 0.433. The molecule has 0 aliphatic carbocycles. The highest BCUT2D eigenvalue weighted by Gasteiger charge is 2.12. The van der Waals surface area contributed by atoms with E-state index in [2.05, 4.69) is 33.8 Å². The highest BCUT2D eigenvalue weighted by atomic mass is 16.5. The smallest absolute Gasteiger partial charge is 0.167 e. The van der Waals surface area contributed by atoms with Crippen molar-refractivity contribution in [1.29, 1.82) is 0 Å². The normalized spacial score (nSPS) is 12.2. The number of para-hydroxylation sites is 1. The lowest BCUT2D eigenvalue weighted by Crippen LogP contribution is -2.03. The topological polar surface area (TPSA) is 64.1 Å². The molecule has 2 aromatic heterocycles. The second kappa shape index (κ2) is 6.28. The minimum atomic E-state index is 0.187. The molecule has 1 atom stereocenters. The molecule has 2 aromatic carbocycles. The van der Waals surface area contributed by atoms with Crippen molar-refractivity contribution in [3.8, 4) is 28.3 Å². The predicted octanol–water partition coefficient (Wildman–Crippen LogP) is 4.52. The number of phenolic OH excluding ortho intramolecular Hbond substituents is 1. The summed E-state index contributed by atoms with van der Waals surface area (Å²) in [5, 5.41) is 14.0. The Morgan fingerprint density at radius 2 is 1.88 bits per heavy atom. The molecule has 0 bridgehead atoms. The van der Waals surface area contributed by atoms with Gasteiger partial charge >= 0.3 is 0 Å². The number of benzene rings is 2. The minimum Gasteiger partial charge on any atom is -0.507 e. The maximum absolute atomic E-state index is 9.94. The summed E-state index contributed by atoms with van der Waals surface area (Å²) in [5.74, 6) is 0.854. The number of nitrogens with zero attached hydrogens (tertiary/aromatic N) is 3. The van der Waals surface area contributed by atoms with Crippen LogP contribution in [-0.2, 0) is 0 Å². The Hall–Kier alpha value is -3.34. The van der Waals surface area contributed by atoms with E-state index in [1.54, 1.807) is 18.3 Å². The standard InChI is InChI=1S/C20H17N3O2/c1-14(23-11-10-21-13-23)15-6-8-16(9-7-15)20-12-18(22-25-20)17-4-2-3-5-19(17)24/h2-14,24H,1H3. The number of hydrogen-bond acceptors (Lipinski definition) is 4. The van der Waals surface area contributed by atoms with Gasteiger partial charge in [-0.05, 0) is 24.6 Å². The van der Waals surface area contributed by atoms with Gasteiger partial charge in [-0.25, -0.2) is 4.98 Å². The van der Waals surface area contributed by atoms with Gasteiger partial charge in [0.05, 0.1) is 12.4 Å². The number of aromatic nitrogens is 3. The summed E-state index contributed by atoms with van der Waals surface area (Å²) in [6.07, 6.45) is 5.54. The van der Waals surface area contributed by atoms with Crippen molar-refractivity contribution in [3.63, 3.8) is 0 Å². The molecular formula is C20H17N3O2. The average molecular weight is 331 g/mol. The molecule has 5 nitrogen and oxygen atoms in total. The van der Waals surface area contributed by atoms with E-state index in [9.17, 15) is 5.11 Å². The van der Waals surface area contributed by atoms with Crippen molar-refractivity contribution in [2.24, 2.45) is 0 Å². The summed E-state index contributed by atoms with van der Waals surface area (Å²) in [6.45, 7) is 2.13. The summed E-state index contributed by atoms with van der Waals surface area (Å²) in [4.78, 5) is 4.09. The molecule has 0 fully saturated rings. The first-order chi connectivity index (χ1) is 12.2. The van der Waals surface area contributed by atoms with E-state index in [4.69, 9.17) is 4.52 Å². The second-order valence-corrected chi connectivity index (χ2v) is 5.90. The molecule has 0 spiro atoms. The number of phenols is 1. The molecule has 1 unspecified atom stereocenters. The van der Waals surface area contributed by atoms with Gasteiger partial charge in [0, 0.05) is 29.6 Å². The molecule has 0 aliphatic rings. The van der Waals surface area contributed by atoms with Gasteiger partial charge in [-0.3, -0.25) is 0 Å². The van der Waals surface area contributed by atoms with Crippen LogP contribution in [0.15, 0.2) is 77.8 Å². The Morgan fingerprint density at radius 1 is 1.08 bits per heavy atom. The quantitative estimate of drug-likeness (QED) is 0.597. The summed E-state index contributed by atoms with van der Waals surface area (Å²) in [7, 11) is 0. The van der Waals surface area contributed by atoms with Crippen LogP contribution >= 0.6 is 0 Å². The van der Waals surface area contributed by atoms with Crippen molar-refractivity contribution in [2.45, 2.75) is 13.0 Å². The molecule has 4 aromatic rings. The van der Waals surface area contributed by atoms with Crippen LogP contribution in [0.1, 0.15) is 18.5 Å². The summed E-state index contributed by atoms with van der Waals surface area (Å²) in [5.41, 5.74) is 3.39. The van der Waals surface area contributed by atoms with E-state index in [1.807, 2.05) is 42.9 Å². The SMILES string of the molecule is CC(c1ccc(-c2cc(-c3ccccc3O)no2)cc1)n1ccnc1. The summed E-state index contributed by atoms with van der Waals surface area (Å²) in [6, 6.07) is 17.3. The zero-order chi connectivity index (χ0) is 17.2. The Balaban J connectivity index is 1.60. The van der Waals surface area contributed by atoms with E-state index < -0.39 is 0 Å². The molecule has 0 saturated heterocycles.